The van der Waals surface area contributed by atoms with E-state index in [0.717, 1.165) is 25.7 Å². The van der Waals surface area contributed by atoms with Gasteiger partial charge in [-0.1, -0.05) is 25.7 Å². The molecule has 15 heavy (non-hydrogen) atoms. The summed E-state index contributed by atoms with van der Waals surface area (Å²) in [6, 6.07) is 0. The van der Waals surface area contributed by atoms with Crippen molar-refractivity contribution in [2.75, 3.05) is 0 Å². The van der Waals surface area contributed by atoms with Crippen LogP contribution in [0.4, 0.5) is 0 Å². The van der Waals surface area contributed by atoms with Crippen LogP contribution in [0.25, 0.3) is 0 Å². The number of carbonyl (C=O) groups excluding carboxylic acids is 2. The van der Waals surface area contributed by atoms with Crippen molar-refractivity contribution < 1.29 is 36.6 Å². The molecule has 0 saturated heterocycles. The summed E-state index contributed by atoms with van der Waals surface area (Å²) in [5, 5.41) is 20.1. The van der Waals surface area contributed by atoms with E-state index in [-0.39, 0.29) is 29.6 Å². The Balaban J connectivity index is 0. The van der Waals surface area contributed by atoms with E-state index in [2.05, 4.69) is 0 Å². The van der Waals surface area contributed by atoms with Gasteiger partial charge in [-0.2, -0.15) is 0 Å². The van der Waals surface area contributed by atoms with Crippen molar-refractivity contribution in [3.63, 3.8) is 0 Å². The van der Waals surface area contributed by atoms with Gasteiger partial charge in [-0.25, -0.2) is 0 Å². The predicted octanol–water partition coefficient (Wildman–Crippen LogP) is -0.396. The number of carboxylic acid groups (broad SMARTS) is 2. The van der Waals surface area contributed by atoms with E-state index < -0.39 is 11.9 Å². The number of aliphatic carboxylic acids is 2. The van der Waals surface area contributed by atoms with Gasteiger partial charge in [0.1, 0.15) is 0 Å². The van der Waals surface area contributed by atoms with Crippen molar-refractivity contribution in [2.45, 2.75) is 51.4 Å². The molecular formula is C10H16CoO4. The molecule has 0 aromatic heterocycles. The number of hydrogen-bond donors (Lipinski definition) is 0. The van der Waals surface area contributed by atoms with Crippen LogP contribution in [0.5, 0.6) is 0 Å². The van der Waals surface area contributed by atoms with Gasteiger partial charge in [0.2, 0.25) is 0 Å². The zero-order valence-electron chi connectivity index (χ0n) is 8.62. The second-order valence-electron chi connectivity index (χ2n) is 3.37. The molecule has 0 spiro atoms. The minimum atomic E-state index is -0.998. The van der Waals surface area contributed by atoms with Crippen LogP contribution in [0, 0.1) is 0 Å². The predicted molar refractivity (Wildman–Crippen MR) is 47.0 cm³/mol. The monoisotopic (exact) mass is 259 g/mol. The average Bonchev–Trinajstić information content (AvgIpc) is 2.08. The van der Waals surface area contributed by atoms with Gasteiger partial charge in [0.05, 0.1) is 0 Å². The Morgan fingerprint density at radius 2 is 0.933 bits per heavy atom. The fraction of sp³-hybridized carbons (Fsp3) is 0.800. The normalized spacial score (nSPS) is 9.33. The first-order valence-corrected chi connectivity index (χ1v) is 5.02. The molecule has 0 aromatic rings. The Hall–Kier alpha value is -0.554. The van der Waals surface area contributed by atoms with E-state index in [0.29, 0.717) is 12.8 Å². The third-order valence-corrected chi connectivity index (χ3v) is 2.01. The first kappa shape index (κ1) is 16.9. The van der Waals surface area contributed by atoms with E-state index in [4.69, 9.17) is 0 Å². The van der Waals surface area contributed by atoms with E-state index in [1.165, 1.54) is 0 Å². The van der Waals surface area contributed by atoms with Gasteiger partial charge in [0.25, 0.3) is 0 Å². The molecule has 1 radical (unpaired) electrons. The van der Waals surface area contributed by atoms with Gasteiger partial charge in [-0.05, 0) is 25.7 Å². The maximum atomic E-state index is 10.0. The van der Waals surface area contributed by atoms with Gasteiger partial charge < -0.3 is 19.8 Å². The maximum Gasteiger partial charge on any atom is 2.00 e. The topological polar surface area (TPSA) is 80.3 Å². The first-order valence-electron chi connectivity index (χ1n) is 5.02. The molecule has 0 heterocycles. The summed E-state index contributed by atoms with van der Waals surface area (Å²) in [7, 11) is 0. The zero-order valence-corrected chi connectivity index (χ0v) is 9.66. The van der Waals surface area contributed by atoms with Crippen molar-refractivity contribution in [1.29, 1.82) is 0 Å². The summed E-state index contributed by atoms with van der Waals surface area (Å²) in [6.07, 6.45) is 5.23. The molecule has 0 saturated carbocycles. The van der Waals surface area contributed by atoms with Crippen molar-refractivity contribution in [3.05, 3.63) is 0 Å². The van der Waals surface area contributed by atoms with Crippen LogP contribution in [0.2, 0.25) is 0 Å². The molecule has 0 aliphatic rings. The average molecular weight is 259 g/mol. The van der Waals surface area contributed by atoms with Gasteiger partial charge in [-0.3, -0.25) is 0 Å². The van der Waals surface area contributed by atoms with E-state index in [1.807, 2.05) is 0 Å². The Morgan fingerprint density at radius 3 is 1.20 bits per heavy atom. The first-order chi connectivity index (χ1) is 6.63. The van der Waals surface area contributed by atoms with Gasteiger partial charge >= 0.3 is 16.8 Å². The quantitative estimate of drug-likeness (QED) is 0.528. The van der Waals surface area contributed by atoms with Crippen LogP contribution in [0.15, 0.2) is 0 Å². The number of carboxylic acids is 2. The van der Waals surface area contributed by atoms with E-state index in [1.54, 1.807) is 0 Å². The molecule has 0 unspecified atom stereocenters. The van der Waals surface area contributed by atoms with Gasteiger partial charge in [-0.15, -0.1) is 0 Å². The minimum Gasteiger partial charge on any atom is -0.550 e. The van der Waals surface area contributed by atoms with E-state index in [9.17, 15) is 19.8 Å². The summed E-state index contributed by atoms with van der Waals surface area (Å²) in [6.45, 7) is 0. The van der Waals surface area contributed by atoms with Crippen molar-refractivity contribution in [3.8, 4) is 0 Å². The molecule has 0 amide bonds. The van der Waals surface area contributed by atoms with Crippen molar-refractivity contribution in [1.82, 2.24) is 0 Å². The number of unbranched alkanes of at least 4 members (excludes halogenated alkanes) is 5. The van der Waals surface area contributed by atoms with Crippen molar-refractivity contribution >= 4 is 11.9 Å². The van der Waals surface area contributed by atoms with Crippen molar-refractivity contribution in [2.24, 2.45) is 0 Å². The third-order valence-electron chi connectivity index (χ3n) is 2.01. The summed E-state index contributed by atoms with van der Waals surface area (Å²) >= 11 is 0. The van der Waals surface area contributed by atoms with Gasteiger partial charge in [0, 0.05) is 11.9 Å². The molecule has 0 aliphatic carbocycles. The molecule has 0 aromatic carbocycles. The Kier molecular flexibility index (Phi) is 13.0. The molecular weight excluding hydrogens is 243 g/mol. The van der Waals surface area contributed by atoms with Crippen LogP contribution in [-0.4, -0.2) is 11.9 Å². The summed E-state index contributed by atoms with van der Waals surface area (Å²) in [5.41, 5.74) is 0. The molecule has 5 heteroatoms. The number of hydrogen-bond acceptors (Lipinski definition) is 4. The summed E-state index contributed by atoms with van der Waals surface area (Å²) in [4.78, 5) is 20.1. The molecule has 4 nitrogen and oxygen atoms in total. The minimum absolute atomic E-state index is 0. The van der Waals surface area contributed by atoms with Crippen LogP contribution < -0.4 is 10.2 Å². The Labute approximate surface area is 100 Å². The zero-order chi connectivity index (χ0) is 10.8. The summed E-state index contributed by atoms with van der Waals surface area (Å²) in [5.74, 6) is -2.00. The molecule has 0 bridgehead atoms. The smallest absolute Gasteiger partial charge is 0.550 e. The molecule has 89 valence electrons. The van der Waals surface area contributed by atoms with Crippen LogP contribution in [0.1, 0.15) is 51.4 Å². The molecule has 0 N–H and O–H groups in total. The SMILES string of the molecule is O=C([O-])CCCCCCCCC(=O)[O-].[Co+2]. The number of carbonyl (C=O) groups is 2. The Morgan fingerprint density at radius 1 is 0.667 bits per heavy atom. The fourth-order valence-corrected chi connectivity index (χ4v) is 1.25. The largest absolute Gasteiger partial charge is 2.00 e. The third kappa shape index (κ3) is 16.1. The molecule has 0 fully saturated rings. The van der Waals surface area contributed by atoms with Crippen LogP contribution in [-0.2, 0) is 26.4 Å². The molecule has 0 atom stereocenters. The second kappa shape index (κ2) is 11.5. The second-order valence-corrected chi connectivity index (χ2v) is 3.37. The fourth-order valence-electron chi connectivity index (χ4n) is 1.25. The van der Waals surface area contributed by atoms with Gasteiger partial charge in [0.15, 0.2) is 0 Å². The van der Waals surface area contributed by atoms with E-state index >= 15 is 0 Å². The Bertz CT molecular complexity index is 162. The molecule has 0 aliphatic heterocycles. The maximum absolute atomic E-state index is 10.0. The number of rotatable bonds is 9. The summed E-state index contributed by atoms with van der Waals surface area (Å²) < 4.78 is 0. The van der Waals surface area contributed by atoms with Crippen LogP contribution in [0.3, 0.4) is 0 Å². The molecule has 0 rings (SSSR count). The van der Waals surface area contributed by atoms with Crippen LogP contribution >= 0.6 is 0 Å². The standard InChI is InChI=1S/C10H18O4.Co/c11-9(12)7-5-3-1-2-4-6-8-10(13)14;/h1-8H2,(H,11,12)(H,13,14);/q;+2/p-2.